The van der Waals surface area contributed by atoms with Crippen LogP contribution in [0.3, 0.4) is 0 Å². The van der Waals surface area contributed by atoms with E-state index in [1.807, 2.05) is 43.3 Å². The molecule has 1 atom stereocenters. The molecular formula is C23H24N6O3. The summed E-state index contributed by atoms with van der Waals surface area (Å²) in [5.74, 6) is 1.44. The molecule has 9 heteroatoms. The van der Waals surface area contributed by atoms with Crippen LogP contribution in [0.2, 0.25) is 0 Å². The maximum absolute atomic E-state index is 12.5. The fourth-order valence-corrected chi connectivity index (χ4v) is 3.32. The van der Waals surface area contributed by atoms with Crippen LogP contribution in [-0.2, 0) is 24.9 Å². The van der Waals surface area contributed by atoms with E-state index in [0.717, 1.165) is 11.1 Å². The van der Waals surface area contributed by atoms with E-state index in [1.165, 1.54) is 0 Å². The smallest absolute Gasteiger partial charge is 0.251 e. The Morgan fingerprint density at radius 2 is 1.84 bits per heavy atom. The van der Waals surface area contributed by atoms with E-state index in [1.54, 1.807) is 25.1 Å². The van der Waals surface area contributed by atoms with Crippen molar-refractivity contribution in [2.75, 3.05) is 0 Å². The summed E-state index contributed by atoms with van der Waals surface area (Å²) in [5.41, 5.74) is 8.13. The minimum atomic E-state index is -0.790. The first-order valence-electron chi connectivity index (χ1n) is 10.2. The van der Waals surface area contributed by atoms with Crippen molar-refractivity contribution in [2.24, 2.45) is 5.73 Å². The van der Waals surface area contributed by atoms with E-state index in [2.05, 4.69) is 25.7 Å². The molecule has 0 fully saturated rings. The number of aryl methyl sites for hydroxylation is 1. The number of carbonyl (C=O) groups excluding carboxylic acids is 1. The molecule has 9 nitrogen and oxygen atoms in total. The van der Waals surface area contributed by atoms with E-state index in [9.17, 15) is 4.79 Å². The predicted octanol–water partition coefficient (Wildman–Crippen LogP) is 2.70. The van der Waals surface area contributed by atoms with Crippen molar-refractivity contribution in [3.63, 3.8) is 0 Å². The van der Waals surface area contributed by atoms with E-state index in [0.29, 0.717) is 41.9 Å². The van der Waals surface area contributed by atoms with Crippen molar-refractivity contribution in [2.45, 2.75) is 38.8 Å². The second-order valence-corrected chi connectivity index (χ2v) is 7.88. The number of rotatable bonds is 8. The van der Waals surface area contributed by atoms with Crippen LogP contribution in [-0.4, -0.2) is 26.2 Å². The van der Waals surface area contributed by atoms with Gasteiger partial charge >= 0.3 is 0 Å². The maximum Gasteiger partial charge on any atom is 0.251 e. The molecule has 0 bridgehead atoms. The minimum absolute atomic E-state index is 0.160. The highest BCUT2D eigenvalue weighted by Crippen LogP contribution is 2.22. The molecular weight excluding hydrogens is 408 g/mol. The molecule has 4 aromatic rings. The second kappa shape index (κ2) is 9.11. The third-order valence-corrected chi connectivity index (χ3v) is 4.88. The average Bonchev–Trinajstić information content (AvgIpc) is 3.42. The number of nitrogens with zero attached hydrogens (tertiary/aromatic N) is 4. The first-order chi connectivity index (χ1) is 15.4. The molecule has 32 heavy (non-hydrogen) atoms. The van der Waals surface area contributed by atoms with Crippen LogP contribution in [0.4, 0.5) is 0 Å². The van der Waals surface area contributed by atoms with E-state index in [4.69, 9.17) is 14.7 Å². The Kier molecular flexibility index (Phi) is 6.09. The lowest BCUT2D eigenvalue weighted by Crippen LogP contribution is -2.35. The van der Waals surface area contributed by atoms with Gasteiger partial charge in [0, 0.05) is 5.56 Å². The van der Waals surface area contributed by atoms with Gasteiger partial charge in [0.25, 0.3) is 5.91 Å². The number of carbonyl (C=O) groups is 1. The molecule has 4 rings (SSSR count). The third kappa shape index (κ3) is 5.25. The quantitative estimate of drug-likeness (QED) is 0.434. The highest BCUT2D eigenvalue weighted by Gasteiger charge is 2.28. The monoisotopic (exact) mass is 432 g/mol. The van der Waals surface area contributed by atoms with Gasteiger partial charge in [0.05, 0.1) is 18.5 Å². The molecule has 0 saturated heterocycles. The summed E-state index contributed by atoms with van der Waals surface area (Å²) in [6.45, 7) is 3.75. The van der Waals surface area contributed by atoms with Crippen molar-refractivity contribution in [1.82, 2.24) is 25.7 Å². The van der Waals surface area contributed by atoms with Crippen LogP contribution in [0.15, 0.2) is 63.5 Å². The lowest BCUT2D eigenvalue weighted by atomic mass is 9.94. The summed E-state index contributed by atoms with van der Waals surface area (Å²) >= 11 is 0. The van der Waals surface area contributed by atoms with Crippen molar-refractivity contribution in [1.29, 1.82) is 0 Å². The van der Waals surface area contributed by atoms with Gasteiger partial charge in [-0.3, -0.25) is 4.79 Å². The third-order valence-electron chi connectivity index (χ3n) is 4.88. The Hall–Kier alpha value is -3.85. The summed E-state index contributed by atoms with van der Waals surface area (Å²) in [6, 6.07) is 17.1. The maximum atomic E-state index is 12.5. The van der Waals surface area contributed by atoms with E-state index in [-0.39, 0.29) is 12.5 Å². The first kappa shape index (κ1) is 21.4. The molecule has 1 amide bonds. The van der Waals surface area contributed by atoms with Crippen LogP contribution < -0.4 is 11.1 Å². The lowest BCUT2D eigenvalue weighted by molar-refractivity contribution is 0.0946. The standard InChI is InChI=1S/C23H24N6O3/c1-15-26-20(32-29-15)14-25-21(30)18-10-6-9-17(11-18)12-19-27-28-22(31-19)23(2,24)13-16-7-4-3-5-8-16/h3-11H,12-14,24H2,1-2H3,(H,25,30). The number of aromatic nitrogens is 4. The number of nitrogens with two attached hydrogens (primary N) is 1. The van der Waals surface area contributed by atoms with Crippen LogP contribution in [0.1, 0.15) is 51.9 Å². The molecule has 0 aliphatic carbocycles. The highest BCUT2D eigenvalue weighted by atomic mass is 16.5. The number of hydrogen-bond acceptors (Lipinski definition) is 8. The van der Waals surface area contributed by atoms with Crippen LogP contribution in [0.5, 0.6) is 0 Å². The van der Waals surface area contributed by atoms with Gasteiger partial charge in [-0.2, -0.15) is 4.98 Å². The summed E-state index contributed by atoms with van der Waals surface area (Å²) in [6.07, 6.45) is 0.961. The summed E-state index contributed by atoms with van der Waals surface area (Å²) in [4.78, 5) is 16.5. The molecule has 1 unspecified atom stereocenters. The largest absolute Gasteiger partial charge is 0.423 e. The van der Waals surface area contributed by atoms with Gasteiger partial charge in [-0.25, -0.2) is 0 Å². The molecule has 2 heterocycles. The van der Waals surface area contributed by atoms with Crippen LogP contribution in [0, 0.1) is 6.92 Å². The predicted molar refractivity (Wildman–Crippen MR) is 115 cm³/mol. The van der Waals surface area contributed by atoms with Crippen LogP contribution >= 0.6 is 0 Å². The number of benzene rings is 2. The van der Waals surface area contributed by atoms with Gasteiger partial charge in [0.15, 0.2) is 5.82 Å². The fraction of sp³-hybridized carbons (Fsp3) is 0.261. The number of nitrogens with one attached hydrogen (secondary N) is 1. The second-order valence-electron chi connectivity index (χ2n) is 7.88. The lowest BCUT2D eigenvalue weighted by Gasteiger charge is -2.20. The molecule has 0 saturated carbocycles. The Labute approximate surface area is 185 Å². The topological polar surface area (TPSA) is 133 Å². The molecule has 0 aliphatic rings. The van der Waals surface area contributed by atoms with E-state index < -0.39 is 5.54 Å². The molecule has 2 aromatic heterocycles. The Balaban J connectivity index is 1.40. The van der Waals surface area contributed by atoms with Gasteiger partial charge in [0.2, 0.25) is 17.7 Å². The SMILES string of the molecule is Cc1noc(CNC(=O)c2cccc(Cc3nnc(C(C)(N)Cc4ccccc4)o3)c2)n1. The summed E-state index contributed by atoms with van der Waals surface area (Å²) in [5, 5.41) is 14.8. The Bertz CT molecular complexity index is 1200. The van der Waals surface area contributed by atoms with Gasteiger partial charge in [-0.05, 0) is 43.5 Å². The van der Waals surface area contributed by atoms with Crippen molar-refractivity contribution < 1.29 is 13.7 Å². The van der Waals surface area contributed by atoms with Crippen molar-refractivity contribution in [3.05, 3.63) is 94.8 Å². The molecule has 2 aromatic carbocycles. The number of hydrogen-bond donors (Lipinski definition) is 2. The van der Waals surface area contributed by atoms with Crippen molar-refractivity contribution >= 4 is 5.91 Å². The fourth-order valence-electron chi connectivity index (χ4n) is 3.32. The molecule has 164 valence electrons. The molecule has 3 N–H and O–H groups in total. The normalized spacial score (nSPS) is 13.0. The van der Waals surface area contributed by atoms with Gasteiger partial charge in [-0.1, -0.05) is 47.6 Å². The number of amides is 1. The van der Waals surface area contributed by atoms with E-state index >= 15 is 0 Å². The molecule has 0 aliphatic heterocycles. The first-order valence-corrected chi connectivity index (χ1v) is 10.2. The highest BCUT2D eigenvalue weighted by molar-refractivity contribution is 5.94. The van der Waals surface area contributed by atoms with Gasteiger partial charge < -0.3 is 20.0 Å². The zero-order valence-corrected chi connectivity index (χ0v) is 17.9. The van der Waals surface area contributed by atoms with Crippen molar-refractivity contribution in [3.8, 4) is 0 Å². The summed E-state index contributed by atoms with van der Waals surface area (Å²) < 4.78 is 10.9. The zero-order valence-electron chi connectivity index (χ0n) is 17.9. The Morgan fingerprint density at radius 3 is 2.59 bits per heavy atom. The minimum Gasteiger partial charge on any atom is -0.423 e. The average molecular weight is 432 g/mol. The summed E-state index contributed by atoms with van der Waals surface area (Å²) in [7, 11) is 0. The van der Waals surface area contributed by atoms with Gasteiger partial charge in [-0.15, -0.1) is 10.2 Å². The molecule has 0 spiro atoms. The Morgan fingerprint density at radius 1 is 1.06 bits per heavy atom. The van der Waals surface area contributed by atoms with Gasteiger partial charge in [0.1, 0.15) is 0 Å². The molecule has 0 radical (unpaired) electrons. The van der Waals surface area contributed by atoms with Crippen LogP contribution in [0.25, 0.3) is 0 Å². The zero-order chi connectivity index (χ0) is 22.6.